The second-order valence-electron chi connectivity index (χ2n) is 4.55. The number of carboxylic acids is 1. The Morgan fingerprint density at radius 3 is 2.44 bits per heavy atom. The number of aliphatic imine (C=N–C) groups is 1. The Kier molecular flexibility index (Phi) is 6.11. The average Bonchev–Trinajstić information content (AvgIpc) is 2.13. The third-order valence-electron chi connectivity index (χ3n) is 1.61. The van der Waals surface area contributed by atoms with Gasteiger partial charge in [0.15, 0.2) is 12.1 Å². The molecule has 0 unspecified atom stereocenters. The predicted octanol–water partition coefficient (Wildman–Crippen LogP) is -0.339. The molecule has 0 aromatic heterocycles. The zero-order valence-electron chi connectivity index (χ0n) is 10.6. The van der Waals surface area contributed by atoms with Crippen LogP contribution in [0.15, 0.2) is 4.99 Å². The van der Waals surface area contributed by atoms with Gasteiger partial charge in [-0.1, -0.05) is 0 Å². The van der Waals surface area contributed by atoms with E-state index in [1.54, 1.807) is 20.8 Å². The van der Waals surface area contributed by atoms with Gasteiger partial charge >= 0.3 is 12.1 Å². The van der Waals surface area contributed by atoms with Gasteiger partial charge in [0.05, 0.1) is 0 Å². The summed E-state index contributed by atoms with van der Waals surface area (Å²) < 4.78 is 4.88. The van der Waals surface area contributed by atoms with E-state index in [4.69, 9.17) is 20.7 Å². The largest absolute Gasteiger partial charge is 0.479 e. The number of hydrogen-bond acceptors (Lipinski definition) is 4. The lowest BCUT2D eigenvalue weighted by atomic mass is 10.2. The van der Waals surface area contributed by atoms with Crippen molar-refractivity contribution in [2.45, 2.75) is 38.9 Å². The zero-order valence-corrected chi connectivity index (χ0v) is 10.6. The van der Waals surface area contributed by atoms with E-state index in [2.05, 4.69) is 10.3 Å². The van der Waals surface area contributed by atoms with Crippen molar-refractivity contribution in [3.63, 3.8) is 0 Å². The first-order chi connectivity index (χ1) is 8.11. The predicted molar refractivity (Wildman–Crippen MR) is 64.1 cm³/mol. The Bertz CT molecular complexity index is 335. The van der Waals surface area contributed by atoms with Crippen molar-refractivity contribution in [3.8, 4) is 0 Å². The minimum Gasteiger partial charge on any atom is -0.479 e. The summed E-state index contributed by atoms with van der Waals surface area (Å²) >= 11 is 0. The third kappa shape index (κ3) is 8.34. The van der Waals surface area contributed by atoms with E-state index in [-0.39, 0.29) is 18.9 Å². The normalized spacial score (nSPS) is 13.9. The molecule has 0 saturated heterocycles. The number of guanidine groups is 1. The van der Waals surface area contributed by atoms with Gasteiger partial charge in [0.1, 0.15) is 5.60 Å². The summed E-state index contributed by atoms with van der Waals surface area (Å²) in [7, 11) is 0. The Labute approximate surface area is 105 Å². The summed E-state index contributed by atoms with van der Waals surface area (Å²) in [6.45, 7) is 5.14. The van der Waals surface area contributed by atoms with E-state index in [0.29, 0.717) is 0 Å². The highest BCUT2D eigenvalue weighted by molar-refractivity contribution is 5.89. The monoisotopic (exact) mass is 261 g/mol. The second kappa shape index (κ2) is 6.80. The summed E-state index contributed by atoms with van der Waals surface area (Å²) in [5, 5.41) is 19.9. The number of nitrogens with two attached hydrogens (primary N) is 1. The minimum absolute atomic E-state index is 0.0557. The first kappa shape index (κ1) is 16.2. The van der Waals surface area contributed by atoms with Crippen LogP contribution in [0.1, 0.15) is 27.2 Å². The van der Waals surface area contributed by atoms with Gasteiger partial charge in [0.25, 0.3) is 0 Å². The van der Waals surface area contributed by atoms with Crippen LogP contribution in [0.2, 0.25) is 0 Å². The molecule has 104 valence electrons. The lowest BCUT2D eigenvalue weighted by Crippen LogP contribution is -2.36. The van der Waals surface area contributed by atoms with Crippen molar-refractivity contribution in [1.29, 1.82) is 0 Å². The first-order valence-corrected chi connectivity index (χ1v) is 5.33. The quantitative estimate of drug-likeness (QED) is 0.401. The van der Waals surface area contributed by atoms with Gasteiger partial charge in [-0.05, 0) is 20.8 Å². The zero-order chi connectivity index (χ0) is 14.3. The molecule has 18 heavy (non-hydrogen) atoms. The topological polar surface area (TPSA) is 134 Å². The van der Waals surface area contributed by atoms with Crippen LogP contribution in [0.4, 0.5) is 4.79 Å². The number of aliphatic hydroxyl groups is 1. The molecule has 1 atom stereocenters. The average molecular weight is 261 g/mol. The fourth-order valence-electron chi connectivity index (χ4n) is 0.883. The first-order valence-electron chi connectivity index (χ1n) is 5.33. The number of nitrogens with zero attached hydrogens (tertiary/aromatic N) is 1. The Morgan fingerprint density at radius 1 is 1.44 bits per heavy atom. The van der Waals surface area contributed by atoms with E-state index < -0.39 is 23.8 Å². The molecule has 0 aliphatic carbocycles. The molecule has 0 aliphatic heterocycles. The van der Waals surface area contributed by atoms with Gasteiger partial charge < -0.3 is 26.0 Å². The van der Waals surface area contributed by atoms with E-state index in [1.165, 1.54) is 0 Å². The molecule has 0 aromatic carbocycles. The molecule has 0 fully saturated rings. The minimum atomic E-state index is -1.48. The molecule has 0 aromatic rings. The van der Waals surface area contributed by atoms with E-state index >= 15 is 0 Å². The third-order valence-corrected chi connectivity index (χ3v) is 1.61. The fraction of sp³-hybridized carbons (Fsp3) is 0.700. The van der Waals surface area contributed by atoms with Gasteiger partial charge in [-0.3, -0.25) is 0 Å². The Hall–Kier alpha value is -1.83. The lowest BCUT2D eigenvalue weighted by molar-refractivity contribution is -0.146. The molecule has 0 radical (unpaired) electrons. The van der Waals surface area contributed by atoms with Crippen molar-refractivity contribution in [3.05, 3.63) is 0 Å². The maximum absolute atomic E-state index is 11.2. The number of carbonyl (C=O) groups is 2. The molecule has 0 aliphatic rings. The molecule has 8 nitrogen and oxygen atoms in total. The van der Waals surface area contributed by atoms with Crippen LogP contribution >= 0.6 is 0 Å². The van der Waals surface area contributed by atoms with Crippen LogP contribution in [0.3, 0.4) is 0 Å². The number of aliphatic hydroxyl groups excluding tert-OH is 1. The highest BCUT2D eigenvalue weighted by Gasteiger charge is 2.16. The van der Waals surface area contributed by atoms with Gasteiger partial charge in [-0.25, -0.2) is 9.59 Å². The van der Waals surface area contributed by atoms with Gasteiger partial charge in [0.2, 0.25) is 0 Å². The highest BCUT2D eigenvalue weighted by Crippen LogP contribution is 2.07. The van der Waals surface area contributed by atoms with Crippen LogP contribution in [-0.4, -0.2) is 46.5 Å². The number of nitrogens with one attached hydrogen (secondary N) is 1. The summed E-state index contributed by atoms with van der Waals surface area (Å²) in [6.07, 6.45) is -2.38. The van der Waals surface area contributed by atoms with Crippen molar-refractivity contribution >= 4 is 18.0 Å². The molecular weight excluding hydrogens is 242 g/mol. The van der Waals surface area contributed by atoms with Gasteiger partial charge in [-0.2, -0.15) is 0 Å². The molecule has 8 heteroatoms. The van der Waals surface area contributed by atoms with Crippen LogP contribution in [0.25, 0.3) is 0 Å². The number of hydrogen-bond donors (Lipinski definition) is 4. The summed E-state index contributed by atoms with van der Waals surface area (Å²) in [4.78, 5) is 24.9. The summed E-state index contributed by atoms with van der Waals surface area (Å²) in [5.74, 6) is -1.51. The summed E-state index contributed by atoms with van der Waals surface area (Å²) in [5.41, 5.74) is 4.70. The van der Waals surface area contributed by atoms with Crippen LogP contribution in [-0.2, 0) is 9.53 Å². The molecule has 0 bridgehead atoms. The molecule has 0 spiro atoms. The van der Waals surface area contributed by atoms with Crippen LogP contribution in [0, 0.1) is 0 Å². The fourth-order valence-corrected chi connectivity index (χ4v) is 0.883. The molecule has 0 heterocycles. The van der Waals surface area contributed by atoms with Gasteiger partial charge in [-0.15, -0.1) is 4.99 Å². The smallest absolute Gasteiger partial charge is 0.437 e. The van der Waals surface area contributed by atoms with Crippen LogP contribution < -0.4 is 11.1 Å². The van der Waals surface area contributed by atoms with Crippen molar-refractivity contribution in [2.75, 3.05) is 6.54 Å². The number of rotatable bonds is 4. The lowest BCUT2D eigenvalue weighted by Gasteiger charge is -2.17. The number of amides is 1. The second-order valence-corrected chi connectivity index (χ2v) is 4.55. The van der Waals surface area contributed by atoms with E-state index in [1.807, 2.05) is 0 Å². The molecule has 5 N–H and O–H groups in total. The number of aliphatic carboxylic acids is 1. The maximum Gasteiger partial charge on any atom is 0.437 e. The summed E-state index contributed by atoms with van der Waals surface area (Å²) in [6, 6.07) is 0. The SMILES string of the molecule is CC(C)(C)OC(=O)/N=C(\N)NCC[C@H](O)C(=O)O. The number of ether oxygens (including phenoxy) is 1. The maximum atomic E-state index is 11.2. The standard InChI is InChI=1S/C10H19N3O5/c1-10(2,3)18-9(17)13-8(11)12-5-4-6(14)7(15)16/h6,14H,4-5H2,1-3H3,(H,15,16)(H3,11,12,13,17)/t6-/m0/s1. The molecule has 0 saturated carbocycles. The molecule has 0 rings (SSSR count). The highest BCUT2D eigenvalue weighted by atomic mass is 16.6. The number of carbonyl (C=O) groups excluding carboxylic acids is 1. The molecule has 1 amide bonds. The van der Waals surface area contributed by atoms with E-state index in [0.717, 1.165) is 0 Å². The van der Waals surface area contributed by atoms with Crippen molar-refractivity contribution < 1.29 is 24.5 Å². The van der Waals surface area contributed by atoms with E-state index in [9.17, 15) is 9.59 Å². The Balaban J connectivity index is 4.05. The Morgan fingerprint density at radius 2 is 2.00 bits per heavy atom. The number of carboxylic acid groups (broad SMARTS) is 1. The van der Waals surface area contributed by atoms with Crippen molar-refractivity contribution in [1.82, 2.24) is 5.32 Å². The van der Waals surface area contributed by atoms with Crippen LogP contribution in [0.5, 0.6) is 0 Å². The van der Waals surface area contributed by atoms with Crippen molar-refractivity contribution in [2.24, 2.45) is 10.7 Å². The van der Waals surface area contributed by atoms with Gasteiger partial charge in [0, 0.05) is 13.0 Å². The molecular formula is C10H19N3O5.